The molecule has 5 aromatic rings. The minimum absolute atomic E-state index is 0.0512. The van der Waals surface area contributed by atoms with E-state index >= 15 is 0 Å². The van der Waals surface area contributed by atoms with Gasteiger partial charge in [0, 0.05) is 41.8 Å². The minimum Gasteiger partial charge on any atom is -0.324 e. The maximum absolute atomic E-state index is 12.8. The second-order valence-corrected chi connectivity index (χ2v) is 7.68. The minimum atomic E-state index is -0.0749. The number of hydrogen-bond donors (Lipinski definition) is 1. The van der Waals surface area contributed by atoms with Gasteiger partial charge in [-0.05, 0) is 55.3 Å². The average molecular weight is 422 g/mol. The van der Waals surface area contributed by atoms with Crippen molar-refractivity contribution in [3.8, 4) is 5.69 Å². The van der Waals surface area contributed by atoms with Crippen molar-refractivity contribution in [2.24, 2.45) is 0 Å². The lowest BCUT2D eigenvalue weighted by Gasteiger charge is -2.17. The first-order valence-electron chi connectivity index (χ1n) is 10.5. The Labute approximate surface area is 185 Å². The van der Waals surface area contributed by atoms with Crippen LogP contribution in [0, 0.1) is 0 Å². The zero-order valence-corrected chi connectivity index (χ0v) is 17.6. The Bertz CT molecular complexity index is 1390. The molecule has 1 atom stereocenters. The van der Waals surface area contributed by atoms with Gasteiger partial charge in [0.2, 0.25) is 5.95 Å². The Morgan fingerprint density at radius 2 is 1.78 bits per heavy atom. The maximum atomic E-state index is 12.8. The number of rotatable bonds is 6. The first-order chi connectivity index (χ1) is 15.7. The van der Waals surface area contributed by atoms with Crippen LogP contribution in [0.15, 0.2) is 96.2 Å². The second-order valence-electron chi connectivity index (χ2n) is 7.68. The molecule has 0 saturated carbocycles. The smallest absolute Gasteiger partial charge is 0.252 e. The van der Waals surface area contributed by atoms with E-state index in [9.17, 15) is 4.79 Å². The van der Waals surface area contributed by atoms with Crippen molar-refractivity contribution in [3.05, 3.63) is 107 Å². The molecule has 1 unspecified atom stereocenters. The lowest BCUT2D eigenvalue weighted by Crippen LogP contribution is -2.25. The van der Waals surface area contributed by atoms with Gasteiger partial charge in [0.25, 0.3) is 5.56 Å². The SMILES string of the molecule is CC(Cc1ccccc1)n1c(=O)ccc2cnc(Nc3ccc(-n4cccn4)cc3)nc21. The summed E-state index contributed by atoms with van der Waals surface area (Å²) in [6, 6.07) is 23.2. The largest absolute Gasteiger partial charge is 0.324 e. The van der Waals surface area contributed by atoms with Crippen molar-refractivity contribution in [2.75, 3.05) is 5.32 Å². The Kier molecular flexibility index (Phi) is 5.21. The molecule has 0 aliphatic rings. The van der Waals surface area contributed by atoms with Gasteiger partial charge < -0.3 is 5.32 Å². The average Bonchev–Trinajstić information content (AvgIpc) is 3.35. The molecule has 0 radical (unpaired) electrons. The standard InChI is InChI=1S/C25H22N6O/c1-18(16-19-6-3-2-4-7-19)31-23(32)13-8-20-17-26-25(29-24(20)31)28-21-9-11-22(12-10-21)30-15-5-14-27-30/h2-15,17-18H,16H2,1H3,(H,26,28,29). The van der Waals surface area contributed by atoms with Crippen molar-refractivity contribution in [3.63, 3.8) is 0 Å². The van der Waals surface area contributed by atoms with Crippen LogP contribution in [0.5, 0.6) is 0 Å². The summed E-state index contributed by atoms with van der Waals surface area (Å²) in [6.45, 7) is 2.04. The summed E-state index contributed by atoms with van der Waals surface area (Å²) in [4.78, 5) is 21.9. The van der Waals surface area contributed by atoms with Crippen LogP contribution in [0.3, 0.4) is 0 Å². The maximum Gasteiger partial charge on any atom is 0.252 e. The molecule has 3 heterocycles. The number of nitrogens with one attached hydrogen (secondary N) is 1. The highest BCUT2D eigenvalue weighted by Gasteiger charge is 2.14. The summed E-state index contributed by atoms with van der Waals surface area (Å²) in [7, 11) is 0. The van der Waals surface area contributed by atoms with E-state index in [1.807, 2.05) is 61.7 Å². The van der Waals surface area contributed by atoms with Gasteiger partial charge in [-0.2, -0.15) is 10.1 Å². The number of pyridine rings is 1. The zero-order valence-electron chi connectivity index (χ0n) is 17.6. The Morgan fingerprint density at radius 1 is 0.969 bits per heavy atom. The van der Waals surface area contributed by atoms with Crippen molar-refractivity contribution in [1.82, 2.24) is 24.3 Å². The zero-order chi connectivity index (χ0) is 21.9. The molecule has 5 rings (SSSR count). The molecule has 0 spiro atoms. The summed E-state index contributed by atoms with van der Waals surface area (Å²) in [5, 5.41) is 8.30. The van der Waals surface area contributed by atoms with Gasteiger partial charge in [-0.15, -0.1) is 0 Å². The first-order valence-corrected chi connectivity index (χ1v) is 10.5. The molecule has 7 heteroatoms. The van der Waals surface area contributed by atoms with E-state index in [4.69, 9.17) is 0 Å². The Balaban J connectivity index is 1.45. The van der Waals surface area contributed by atoms with Gasteiger partial charge in [0.15, 0.2) is 0 Å². The molecule has 0 saturated heterocycles. The van der Waals surface area contributed by atoms with E-state index in [1.54, 1.807) is 33.8 Å². The van der Waals surface area contributed by atoms with Crippen LogP contribution < -0.4 is 10.9 Å². The molecular formula is C25H22N6O. The molecule has 0 aliphatic heterocycles. The van der Waals surface area contributed by atoms with Gasteiger partial charge >= 0.3 is 0 Å². The lowest BCUT2D eigenvalue weighted by molar-refractivity contribution is 0.541. The summed E-state index contributed by atoms with van der Waals surface area (Å²) in [5.41, 5.74) is 3.53. The molecule has 0 fully saturated rings. The van der Waals surface area contributed by atoms with Gasteiger partial charge in [-0.1, -0.05) is 30.3 Å². The van der Waals surface area contributed by atoms with Crippen LogP contribution in [0.25, 0.3) is 16.7 Å². The summed E-state index contributed by atoms with van der Waals surface area (Å²) >= 11 is 0. The summed E-state index contributed by atoms with van der Waals surface area (Å²) in [6.07, 6.45) is 6.12. The van der Waals surface area contributed by atoms with E-state index in [0.717, 1.165) is 23.2 Å². The molecule has 0 bridgehead atoms. The molecule has 2 aromatic carbocycles. The van der Waals surface area contributed by atoms with E-state index < -0.39 is 0 Å². The van der Waals surface area contributed by atoms with Gasteiger partial charge in [0.1, 0.15) is 5.65 Å². The molecule has 32 heavy (non-hydrogen) atoms. The number of benzene rings is 2. The fraction of sp³-hybridized carbons (Fsp3) is 0.120. The second kappa shape index (κ2) is 8.47. The normalized spacial score (nSPS) is 12.0. The Morgan fingerprint density at radius 3 is 2.53 bits per heavy atom. The predicted octanol–water partition coefficient (Wildman–Crippen LogP) is 4.52. The molecular weight excluding hydrogens is 400 g/mol. The third-order valence-corrected chi connectivity index (χ3v) is 5.37. The number of hydrogen-bond acceptors (Lipinski definition) is 5. The molecule has 158 valence electrons. The highest BCUT2D eigenvalue weighted by molar-refractivity contribution is 5.75. The number of fused-ring (bicyclic) bond motifs is 1. The van der Waals surface area contributed by atoms with Gasteiger partial charge in [-0.3, -0.25) is 9.36 Å². The van der Waals surface area contributed by atoms with Gasteiger partial charge in [-0.25, -0.2) is 9.67 Å². The lowest BCUT2D eigenvalue weighted by atomic mass is 10.1. The Hall–Kier alpha value is -4.26. The number of aromatic nitrogens is 5. The molecule has 1 N–H and O–H groups in total. The summed E-state index contributed by atoms with van der Waals surface area (Å²) < 4.78 is 3.54. The fourth-order valence-electron chi connectivity index (χ4n) is 3.82. The van der Waals surface area contributed by atoms with Crippen molar-refractivity contribution < 1.29 is 0 Å². The molecule has 7 nitrogen and oxygen atoms in total. The van der Waals surface area contributed by atoms with Crippen LogP contribution in [0.2, 0.25) is 0 Å². The predicted molar refractivity (Wildman–Crippen MR) is 126 cm³/mol. The van der Waals surface area contributed by atoms with Crippen LogP contribution in [0.4, 0.5) is 11.6 Å². The van der Waals surface area contributed by atoms with E-state index in [-0.39, 0.29) is 11.6 Å². The fourth-order valence-corrected chi connectivity index (χ4v) is 3.82. The highest BCUT2D eigenvalue weighted by Crippen LogP contribution is 2.21. The quantitative estimate of drug-likeness (QED) is 0.435. The highest BCUT2D eigenvalue weighted by atomic mass is 16.1. The number of anilines is 2. The molecule has 3 aromatic heterocycles. The third-order valence-electron chi connectivity index (χ3n) is 5.37. The van der Waals surface area contributed by atoms with Gasteiger partial charge in [0.05, 0.1) is 5.69 Å². The van der Waals surface area contributed by atoms with Crippen LogP contribution >= 0.6 is 0 Å². The third kappa shape index (κ3) is 4.00. The molecule has 0 aliphatic carbocycles. The van der Waals surface area contributed by atoms with E-state index in [1.165, 1.54) is 5.56 Å². The molecule has 0 amide bonds. The van der Waals surface area contributed by atoms with Crippen LogP contribution in [-0.2, 0) is 6.42 Å². The van der Waals surface area contributed by atoms with E-state index in [2.05, 4.69) is 32.5 Å². The van der Waals surface area contributed by atoms with Crippen LogP contribution in [0.1, 0.15) is 18.5 Å². The topological polar surface area (TPSA) is 77.6 Å². The number of nitrogens with zero attached hydrogens (tertiary/aromatic N) is 5. The van der Waals surface area contributed by atoms with E-state index in [0.29, 0.717) is 11.6 Å². The van der Waals surface area contributed by atoms with Crippen molar-refractivity contribution in [2.45, 2.75) is 19.4 Å². The monoisotopic (exact) mass is 422 g/mol. The van der Waals surface area contributed by atoms with Crippen molar-refractivity contribution in [1.29, 1.82) is 0 Å². The first kappa shape index (κ1) is 19.7. The van der Waals surface area contributed by atoms with Crippen molar-refractivity contribution >= 4 is 22.7 Å². The van der Waals surface area contributed by atoms with Crippen LogP contribution in [-0.4, -0.2) is 24.3 Å². The summed E-state index contributed by atoms with van der Waals surface area (Å²) in [5.74, 6) is 0.440.